The molecule has 12 heteroatoms. The highest BCUT2D eigenvalue weighted by Crippen LogP contribution is 2.34. The van der Waals surface area contributed by atoms with Crippen molar-refractivity contribution in [2.45, 2.75) is 25.9 Å². The SMILES string of the molecule is Cc1cc(N2CCN(C)CC2)ccc1Nc1ncc(C(F)(F)F)c(NCCCN2CCCOCC2=O)n1. The minimum absolute atomic E-state index is 0.0440. The molecule has 2 saturated heterocycles. The largest absolute Gasteiger partial charge is 0.421 e. The first kappa shape index (κ1) is 26.9. The van der Waals surface area contributed by atoms with Gasteiger partial charge < -0.3 is 30.1 Å². The van der Waals surface area contributed by atoms with Crippen molar-refractivity contribution in [1.29, 1.82) is 0 Å². The number of anilines is 4. The van der Waals surface area contributed by atoms with E-state index in [4.69, 9.17) is 4.74 Å². The number of hydrogen-bond donors (Lipinski definition) is 2. The number of aryl methyl sites for hydroxylation is 1. The molecular formula is C25H34F3N7O2. The Morgan fingerprint density at radius 3 is 2.65 bits per heavy atom. The molecule has 4 rings (SSSR count). The van der Waals surface area contributed by atoms with E-state index in [-0.39, 0.29) is 30.8 Å². The average Bonchev–Trinajstić information content (AvgIpc) is 3.07. The van der Waals surface area contributed by atoms with E-state index in [0.29, 0.717) is 26.1 Å². The van der Waals surface area contributed by atoms with Gasteiger partial charge in [-0.25, -0.2) is 4.98 Å². The molecule has 1 amide bonds. The maximum Gasteiger partial charge on any atom is 0.421 e. The van der Waals surface area contributed by atoms with E-state index in [9.17, 15) is 18.0 Å². The summed E-state index contributed by atoms with van der Waals surface area (Å²) < 4.78 is 46.0. The number of piperazine rings is 1. The first-order chi connectivity index (χ1) is 17.7. The van der Waals surface area contributed by atoms with Crippen molar-refractivity contribution >= 4 is 29.0 Å². The summed E-state index contributed by atoms with van der Waals surface area (Å²) in [5.41, 5.74) is 1.85. The van der Waals surface area contributed by atoms with Gasteiger partial charge in [0.25, 0.3) is 0 Å². The Hall–Kier alpha value is -3.12. The summed E-state index contributed by atoms with van der Waals surface area (Å²) >= 11 is 0. The molecular weight excluding hydrogens is 487 g/mol. The highest BCUT2D eigenvalue weighted by atomic mass is 19.4. The summed E-state index contributed by atoms with van der Waals surface area (Å²) in [6.07, 6.45) is -2.59. The van der Waals surface area contributed by atoms with Crippen molar-refractivity contribution in [2.75, 3.05) is 81.6 Å². The fourth-order valence-corrected chi connectivity index (χ4v) is 4.40. The van der Waals surface area contributed by atoms with Crippen LogP contribution in [0.25, 0.3) is 0 Å². The van der Waals surface area contributed by atoms with Gasteiger partial charge in [0.15, 0.2) is 0 Å². The molecule has 1 aromatic heterocycles. The second kappa shape index (κ2) is 12.0. The number of nitrogens with zero attached hydrogens (tertiary/aromatic N) is 5. The molecule has 3 heterocycles. The van der Waals surface area contributed by atoms with Crippen molar-refractivity contribution in [3.8, 4) is 0 Å². The number of amides is 1. The molecule has 0 aliphatic carbocycles. The van der Waals surface area contributed by atoms with Gasteiger partial charge in [-0.1, -0.05) is 0 Å². The van der Waals surface area contributed by atoms with E-state index in [1.165, 1.54) is 0 Å². The highest BCUT2D eigenvalue weighted by molar-refractivity contribution is 5.77. The van der Waals surface area contributed by atoms with Crippen LogP contribution < -0.4 is 15.5 Å². The van der Waals surface area contributed by atoms with E-state index >= 15 is 0 Å². The van der Waals surface area contributed by atoms with Crippen molar-refractivity contribution in [3.05, 3.63) is 35.5 Å². The van der Waals surface area contributed by atoms with E-state index in [2.05, 4.69) is 43.5 Å². The molecule has 9 nitrogen and oxygen atoms in total. The molecule has 2 N–H and O–H groups in total. The zero-order valence-corrected chi connectivity index (χ0v) is 21.3. The van der Waals surface area contributed by atoms with Gasteiger partial charge in [-0.2, -0.15) is 18.2 Å². The van der Waals surface area contributed by atoms with Crippen LogP contribution in [-0.2, 0) is 15.7 Å². The maximum absolute atomic E-state index is 13.6. The summed E-state index contributed by atoms with van der Waals surface area (Å²) in [4.78, 5) is 26.4. The average molecular weight is 522 g/mol. The molecule has 2 fully saturated rings. The first-order valence-corrected chi connectivity index (χ1v) is 12.6. The van der Waals surface area contributed by atoms with Crippen molar-refractivity contribution in [3.63, 3.8) is 0 Å². The molecule has 0 spiro atoms. The molecule has 0 unspecified atom stereocenters. The van der Waals surface area contributed by atoms with Gasteiger partial charge in [0.2, 0.25) is 11.9 Å². The highest BCUT2D eigenvalue weighted by Gasteiger charge is 2.35. The number of alkyl halides is 3. The number of carbonyl (C=O) groups excluding carboxylic acids is 1. The second-order valence-electron chi connectivity index (χ2n) is 9.44. The molecule has 2 aliphatic rings. The lowest BCUT2D eigenvalue weighted by atomic mass is 10.1. The molecule has 0 radical (unpaired) electrons. The van der Waals surface area contributed by atoms with Gasteiger partial charge in [0.05, 0.1) is 0 Å². The zero-order valence-electron chi connectivity index (χ0n) is 21.3. The smallest absolute Gasteiger partial charge is 0.372 e. The van der Waals surface area contributed by atoms with Gasteiger partial charge in [0, 0.05) is 70.0 Å². The Morgan fingerprint density at radius 2 is 1.92 bits per heavy atom. The monoisotopic (exact) mass is 521 g/mol. The van der Waals surface area contributed by atoms with Crippen LogP contribution in [0.2, 0.25) is 0 Å². The summed E-state index contributed by atoms with van der Waals surface area (Å²) in [5, 5.41) is 5.86. The van der Waals surface area contributed by atoms with Crippen molar-refractivity contribution < 1.29 is 22.7 Å². The molecule has 0 bridgehead atoms. The Labute approximate surface area is 215 Å². The topological polar surface area (TPSA) is 85.9 Å². The minimum atomic E-state index is -4.60. The van der Waals surface area contributed by atoms with Crippen LogP contribution in [-0.4, -0.2) is 91.7 Å². The van der Waals surface area contributed by atoms with Gasteiger partial charge in [-0.15, -0.1) is 0 Å². The maximum atomic E-state index is 13.6. The number of carbonyl (C=O) groups is 1. The Balaban J connectivity index is 1.41. The predicted octanol–water partition coefficient (Wildman–Crippen LogP) is 3.35. The lowest BCUT2D eigenvalue weighted by molar-refractivity contribution is -0.137. The minimum Gasteiger partial charge on any atom is -0.372 e. The number of rotatable bonds is 8. The van der Waals surface area contributed by atoms with E-state index < -0.39 is 11.7 Å². The van der Waals surface area contributed by atoms with E-state index in [1.807, 2.05) is 19.1 Å². The Morgan fingerprint density at radius 1 is 1.14 bits per heavy atom. The molecule has 2 aliphatic heterocycles. The summed E-state index contributed by atoms with van der Waals surface area (Å²) in [7, 11) is 2.11. The van der Waals surface area contributed by atoms with E-state index in [0.717, 1.165) is 55.7 Å². The molecule has 0 saturated carbocycles. The quantitative estimate of drug-likeness (QED) is 0.512. The summed E-state index contributed by atoms with van der Waals surface area (Å²) in [6.45, 7) is 7.65. The third-order valence-electron chi connectivity index (χ3n) is 6.61. The van der Waals surface area contributed by atoms with Crippen LogP contribution in [0.15, 0.2) is 24.4 Å². The number of benzene rings is 1. The number of nitrogens with one attached hydrogen (secondary N) is 2. The fourth-order valence-electron chi connectivity index (χ4n) is 4.40. The standard InChI is InChI=1S/C25H34F3N7O2/c1-18-15-19(34-12-10-33(2)11-13-34)5-6-21(18)31-24-30-16-20(25(26,27)28)23(32-24)29-7-3-8-35-9-4-14-37-17-22(35)36/h5-6,15-16H,3-4,7-14,17H2,1-2H3,(H2,29,30,31,32). The zero-order chi connectivity index (χ0) is 26.4. The van der Waals surface area contributed by atoms with Crippen LogP contribution in [0.1, 0.15) is 24.0 Å². The van der Waals surface area contributed by atoms with Gasteiger partial charge in [-0.05, 0) is 50.6 Å². The normalized spacial score (nSPS) is 17.6. The van der Waals surface area contributed by atoms with E-state index in [1.54, 1.807) is 4.90 Å². The molecule has 2 aromatic rings. The molecule has 37 heavy (non-hydrogen) atoms. The number of likely N-dealkylation sites (N-methyl/N-ethyl adjacent to an activating group) is 1. The third-order valence-corrected chi connectivity index (χ3v) is 6.61. The number of aromatic nitrogens is 2. The van der Waals surface area contributed by atoms with Gasteiger partial charge in [-0.3, -0.25) is 4.79 Å². The van der Waals surface area contributed by atoms with Gasteiger partial charge >= 0.3 is 6.18 Å². The predicted molar refractivity (Wildman–Crippen MR) is 136 cm³/mol. The second-order valence-corrected chi connectivity index (χ2v) is 9.44. The first-order valence-electron chi connectivity index (χ1n) is 12.6. The Kier molecular flexibility index (Phi) is 8.70. The summed E-state index contributed by atoms with van der Waals surface area (Å²) in [6, 6.07) is 5.96. The van der Waals surface area contributed by atoms with Crippen LogP contribution in [0.3, 0.4) is 0 Å². The molecule has 1 aromatic carbocycles. The van der Waals surface area contributed by atoms with Crippen LogP contribution in [0.4, 0.5) is 36.3 Å². The van der Waals surface area contributed by atoms with Crippen molar-refractivity contribution in [2.24, 2.45) is 0 Å². The number of hydrogen-bond acceptors (Lipinski definition) is 8. The van der Waals surface area contributed by atoms with Crippen LogP contribution in [0, 0.1) is 6.92 Å². The van der Waals surface area contributed by atoms with Crippen LogP contribution in [0.5, 0.6) is 0 Å². The third kappa shape index (κ3) is 7.22. The lowest BCUT2D eigenvalue weighted by Gasteiger charge is -2.34. The number of ether oxygens (including phenoxy) is 1. The van der Waals surface area contributed by atoms with Crippen LogP contribution >= 0.6 is 0 Å². The molecule has 0 atom stereocenters. The number of halogens is 3. The lowest BCUT2D eigenvalue weighted by Crippen LogP contribution is -2.44. The Bertz CT molecular complexity index is 1070. The van der Waals surface area contributed by atoms with Crippen molar-refractivity contribution in [1.82, 2.24) is 19.8 Å². The molecule has 202 valence electrons. The van der Waals surface area contributed by atoms with Gasteiger partial charge in [0.1, 0.15) is 18.0 Å². The fraction of sp³-hybridized carbons (Fsp3) is 0.560. The summed E-state index contributed by atoms with van der Waals surface area (Å²) in [5.74, 6) is -0.316.